The van der Waals surface area contributed by atoms with Crippen LogP contribution in [-0.4, -0.2) is 65.8 Å². The van der Waals surface area contributed by atoms with Crippen LogP contribution in [0.5, 0.6) is 0 Å². The Morgan fingerprint density at radius 3 is 2.58 bits per heavy atom. The zero-order valence-corrected chi connectivity index (χ0v) is 17.5. The molecule has 2 saturated heterocycles. The maximum Gasteiger partial charge on any atom is 1.00 e. The van der Waals surface area contributed by atoms with Crippen LogP contribution in [0.15, 0.2) is 12.2 Å². The maximum atomic E-state index is 12.5. The molecule has 0 saturated carbocycles. The first-order chi connectivity index (χ1) is 11.6. The summed E-state index contributed by atoms with van der Waals surface area (Å²) in [5.41, 5.74) is 0. The molecule has 138 valence electrons. The number of carbonyl (C=O) groups excluding carboxylic acids is 4. The van der Waals surface area contributed by atoms with Gasteiger partial charge in [-0.3, -0.25) is 14.9 Å². The van der Waals surface area contributed by atoms with E-state index in [9.17, 15) is 32.7 Å². The third kappa shape index (κ3) is 3.77. The Kier molecular flexibility index (Phi) is 7.27. The fourth-order valence-electron chi connectivity index (χ4n) is 2.82. The van der Waals surface area contributed by atoms with E-state index in [1.165, 1.54) is 0 Å². The summed E-state index contributed by atoms with van der Waals surface area (Å²) in [5.74, 6) is -3.51. The quantitative estimate of drug-likeness (QED) is 0.202. The predicted octanol–water partition coefficient (Wildman–Crippen LogP) is -5.10. The summed E-state index contributed by atoms with van der Waals surface area (Å²) in [6.45, 7) is 0.729. The van der Waals surface area contributed by atoms with E-state index in [0.29, 0.717) is 0 Å². The van der Waals surface area contributed by atoms with Crippen LogP contribution in [0.4, 0.5) is 4.79 Å². The average Bonchev–Trinajstić information content (AvgIpc) is 2.66. The van der Waals surface area contributed by atoms with Crippen molar-refractivity contribution in [1.82, 2.24) is 10.2 Å². The van der Waals surface area contributed by atoms with Gasteiger partial charge in [0.05, 0.1) is 18.4 Å². The topological polar surface area (TPSA) is 150 Å². The number of β-lactam (4-membered cyclic amide) rings is 1. The minimum atomic E-state index is -4.01. The minimum Gasteiger partial charge on any atom is -0.548 e. The van der Waals surface area contributed by atoms with Gasteiger partial charge in [0.1, 0.15) is 22.6 Å². The summed E-state index contributed by atoms with van der Waals surface area (Å²) >= 11 is 5.19. The van der Waals surface area contributed by atoms with Crippen molar-refractivity contribution in [2.45, 2.75) is 29.5 Å². The fourth-order valence-corrected chi connectivity index (χ4v) is 5.18. The van der Waals surface area contributed by atoms with Crippen molar-refractivity contribution in [3.05, 3.63) is 12.2 Å². The van der Waals surface area contributed by atoms with Crippen molar-refractivity contribution in [3.8, 4) is 0 Å². The largest absolute Gasteiger partial charge is 1.00 e. The van der Waals surface area contributed by atoms with Crippen molar-refractivity contribution in [2.75, 3.05) is 12.5 Å². The predicted molar refractivity (Wildman–Crippen MR) is 80.7 cm³/mol. The second kappa shape index (κ2) is 8.26. The fraction of sp³-hybridized carbons (Fsp3) is 0.538. The number of fused-ring (bicyclic) bond motifs is 1. The Morgan fingerprint density at radius 1 is 1.46 bits per heavy atom. The molecular weight excluding hydrogens is 403 g/mol. The first-order valence-corrected chi connectivity index (χ1v) is 9.10. The van der Waals surface area contributed by atoms with E-state index in [1.54, 1.807) is 5.32 Å². The van der Waals surface area contributed by atoms with Crippen LogP contribution < -0.4 is 40.0 Å². The molecule has 13 heteroatoms. The average molecular weight is 417 g/mol. The number of halogens is 1. The molecule has 2 aliphatic heterocycles. The molecule has 10 nitrogen and oxygen atoms in total. The maximum absolute atomic E-state index is 12.5. The third-order valence-electron chi connectivity index (χ3n) is 4.09. The van der Waals surface area contributed by atoms with Gasteiger partial charge < -0.3 is 19.5 Å². The van der Waals surface area contributed by atoms with E-state index in [0.717, 1.165) is 24.0 Å². The summed E-state index contributed by atoms with van der Waals surface area (Å²) in [5, 5.41) is 12.0. The smallest absolute Gasteiger partial charge is 0.548 e. The van der Waals surface area contributed by atoms with Gasteiger partial charge in [0, 0.05) is 0 Å². The number of nitrogens with zero attached hydrogens (tertiary/aromatic N) is 1. The molecule has 0 radical (unpaired) electrons. The number of hydrogen-bond donors (Lipinski definition) is 1. The van der Waals surface area contributed by atoms with Gasteiger partial charge in [-0.25, -0.2) is 13.2 Å². The van der Waals surface area contributed by atoms with E-state index in [2.05, 4.69) is 4.74 Å². The summed E-state index contributed by atoms with van der Waals surface area (Å²) in [6, 6.07) is -1.67. The van der Waals surface area contributed by atoms with Gasteiger partial charge in [-0.15, -0.1) is 11.6 Å². The van der Waals surface area contributed by atoms with Gasteiger partial charge in [0.2, 0.25) is 11.8 Å². The molecule has 26 heavy (non-hydrogen) atoms. The summed E-state index contributed by atoms with van der Waals surface area (Å²) in [7, 11) is -4.01. The Hall–Kier alpha value is -1.14. The van der Waals surface area contributed by atoms with E-state index in [-0.39, 0.29) is 36.0 Å². The van der Waals surface area contributed by atoms with E-state index in [1.807, 2.05) is 0 Å². The molecule has 2 rings (SSSR count). The Morgan fingerprint density at radius 2 is 2.08 bits per heavy atom. The molecule has 2 fully saturated rings. The zero-order chi connectivity index (χ0) is 19.0. The molecule has 3 amide bonds. The first kappa shape index (κ1) is 22.9. The zero-order valence-electron chi connectivity index (χ0n) is 13.9. The SMILES string of the molecule is C[C@]1(/C=C/COC(=O)NC(=O)CCl)[C@H](C(=O)[O-])N2C(=O)C[C@H]2S1(=O)=O.[Na+]. The summed E-state index contributed by atoms with van der Waals surface area (Å²) < 4.78 is 27.8. The number of carbonyl (C=O) groups is 4. The van der Waals surface area contributed by atoms with E-state index < -0.39 is 62.4 Å². The summed E-state index contributed by atoms with van der Waals surface area (Å²) in [6.07, 6.45) is 0.791. The first-order valence-electron chi connectivity index (χ1n) is 7.02. The van der Waals surface area contributed by atoms with Crippen molar-refractivity contribution in [1.29, 1.82) is 0 Å². The number of rotatable bonds is 5. The normalized spacial score (nSPS) is 28.7. The number of imide groups is 1. The molecular formula is C13H14ClN2NaO8S. The molecule has 0 unspecified atom stereocenters. The van der Waals surface area contributed by atoms with Crippen molar-refractivity contribution in [3.63, 3.8) is 0 Å². The van der Waals surface area contributed by atoms with Gasteiger partial charge >= 0.3 is 35.7 Å². The number of alkyl carbamates (subject to hydrolysis) is 1. The Balaban J connectivity index is 0.00000338. The van der Waals surface area contributed by atoms with Crippen molar-refractivity contribution >= 4 is 45.3 Å². The van der Waals surface area contributed by atoms with Crippen molar-refractivity contribution in [2.24, 2.45) is 0 Å². The van der Waals surface area contributed by atoms with Gasteiger partial charge in [-0.05, 0) is 13.0 Å². The Bertz CT molecular complexity index is 770. The van der Waals surface area contributed by atoms with Gasteiger partial charge in [0.15, 0.2) is 9.84 Å². The third-order valence-corrected chi connectivity index (χ3v) is 7.02. The van der Waals surface area contributed by atoms with Gasteiger partial charge in [-0.2, -0.15) is 0 Å². The monoisotopic (exact) mass is 416 g/mol. The number of hydrogen-bond acceptors (Lipinski definition) is 8. The molecule has 0 aromatic rings. The van der Waals surface area contributed by atoms with Crippen LogP contribution in [0, 0.1) is 0 Å². The number of carboxylic acids is 1. The second-order valence-corrected chi connectivity index (χ2v) is 8.37. The molecule has 0 bridgehead atoms. The summed E-state index contributed by atoms with van der Waals surface area (Å²) in [4.78, 5) is 45.8. The van der Waals surface area contributed by atoms with Crippen molar-refractivity contribution < 1.29 is 67.0 Å². The number of carboxylic acid groups (broad SMARTS) is 1. The van der Waals surface area contributed by atoms with Crippen LogP contribution in [0.2, 0.25) is 0 Å². The van der Waals surface area contributed by atoms with Gasteiger partial charge in [-0.1, -0.05) is 6.08 Å². The number of ether oxygens (including phenoxy) is 1. The molecule has 3 atom stereocenters. The van der Waals surface area contributed by atoms with Crippen LogP contribution in [-0.2, 0) is 29.0 Å². The Labute approximate surface area is 176 Å². The molecule has 2 heterocycles. The molecule has 0 spiro atoms. The second-order valence-electron chi connectivity index (χ2n) is 5.59. The molecule has 0 aliphatic carbocycles. The van der Waals surface area contributed by atoms with Gasteiger partial charge in [0.25, 0.3) is 0 Å². The molecule has 2 aliphatic rings. The molecule has 0 aromatic carbocycles. The minimum absolute atomic E-state index is 0. The van der Waals surface area contributed by atoms with E-state index >= 15 is 0 Å². The molecule has 1 N–H and O–H groups in total. The number of aliphatic carboxylic acids is 1. The standard InChI is InChI=1S/C13H15ClN2O8S.Na/c1-13(3-2-4-24-12(21)15-7(17)6-14)10(11(19)20)16-8(18)5-9(16)25(13,22)23;/h2-3,9-10H,4-6H2,1H3,(H,19,20)(H,15,17,21);/q;+1/p-1/b3-2+;/t9-,10+,13+;/m1./s1. The van der Waals surface area contributed by atoms with Crippen LogP contribution in [0.3, 0.4) is 0 Å². The molecule has 0 aromatic heterocycles. The number of amides is 3. The number of alkyl halides is 1. The van der Waals surface area contributed by atoms with Crippen LogP contribution >= 0.6 is 11.6 Å². The number of sulfone groups is 1. The van der Waals surface area contributed by atoms with Crippen LogP contribution in [0.1, 0.15) is 13.3 Å². The van der Waals surface area contributed by atoms with E-state index in [4.69, 9.17) is 11.6 Å². The van der Waals surface area contributed by atoms with Crippen LogP contribution in [0.25, 0.3) is 0 Å². The number of nitrogens with one attached hydrogen (secondary N) is 1.